The number of aromatic hydroxyl groups is 2. The molecule has 0 heterocycles. The van der Waals surface area contributed by atoms with Gasteiger partial charge in [0.25, 0.3) is 0 Å². The van der Waals surface area contributed by atoms with Crippen LogP contribution < -0.4 is 5.32 Å². The monoisotopic (exact) mass is 495 g/mol. The minimum Gasteiger partial charge on any atom is -0.504 e. The highest BCUT2D eigenvalue weighted by molar-refractivity contribution is 5.85. The highest BCUT2D eigenvalue weighted by Crippen LogP contribution is 2.44. The molecule has 4 atom stereocenters. The summed E-state index contributed by atoms with van der Waals surface area (Å²) < 4.78 is 0. The fourth-order valence-corrected chi connectivity index (χ4v) is 4.75. The van der Waals surface area contributed by atoms with Crippen LogP contribution in [0.1, 0.15) is 53.5 Å². The lowest BCUT2D eigenvalue weighted by atomic mass is 9.62. The van der Waals surface area contributed by atoms with Gasteiger partial charge < -0.3 is 30.8 Å². The molecular weight excluding hydrogens is 458 g/mol. The minimum absolute atomic E-state index is 0.138. The second kappa shape index (κ2) is 11.4. The topological polar surface area (TPSA) is 181 Å². The predicted molar refractivity (Wildman–Crippen MR) is 127 cm³/mol. The van der Waals surface area contributed by atoms with Crippen molar-refractivity contribution in [2.75, 3.05) is 6.54 Å². The normalized spacial score (nSPS) is 15.5. The van der Waals surface area contributed by atoms with Crippen LogP contribution in [0.4, 0.5) is 0 Å². The number of nitrogens with one attached hydrogen (secondary N) is 1. The summed E-state index contributed by atoms with van der Waals surface area (Å²) in [5.41, 5.74) is -1.41. The van der Waals surface area contributed by atoms with Crippen LogP contribution in [0, 0.1) is 34.5 Å². The summed E-state index contributed by atoms with van der Waals surface area (Å²) in [6, 6.07) is 4.27. The van der Waals surface area contributed by atoms with E-state index in [9.17, 15) is 44.7 Å². The van der Waals surface area contributed by atoms with Crippen LogP contribution in [0.5, 0.6) is 11.5 Å². The third-order valence-electron chi connectivity index (χ3n) is 6.43. The number of phenols is 2. The lowest BCUT2D eigenvalue weighted by molar-refractivity contribution is -0.161. The molecule has 4 unspecified atom stereocenters. The SMILES string of the molecule is CC(C(=O)O)C(C(=O)O)C(C)(C)CC(C(=O)O)C(C(=O)NCCc1ccc(O)c(O)c1)C(C)(C)C. The van der Waals surface area contributed by atoms with Crippen LogP contribution in [0.2, 0.25) is 0 Å². The number of hydrogen-bond donors (Lipinski definition) is 6. The van der Waals surface area contributed by atoms with E-state index in [-0.39, 0.29) is 24.5 Å². The number of benzene rings is 1. The molecule has 0 saturated carbocycles. The first-order valence-corrected chi connectivity index (χ1v) is 11.4. The maximum absolute atomic E-state index is 13.2. The molecule has 1 aromatic rings. The lowest BCUT2D eigenvalue weighted by Gasteiger charge is -2.40. The van der Waals surface area contributed by atoms with Crippen molar-refractivity contribution in [2.24, 2.45) is 34.5 Å². The van der Waals surface area contributed by atoms with Crippen LogP contribution in [0.3, 0.4) is 0 Å². The quantitative estimate of drug-likeness (QED) is 0.237. The summed E-state index contributed by atoms with van der Waals surface area (Å²) in [5.74, 6) is -9.95. The molecular formula is C25H37NO9. The Labute approximate surface area is 205 Å². The van der Waals surface area contributed by atoms with Crippen molar-refractivity contribution in [2.45, 2.75) is 54.4 Å². The maximum atomic E-state index is 13.2. The van der Waals surface area contributed by atoms with E-state index in [1.165, 1.54) is 32.9 Å². The van der Waals surface area contributed by atoms with Crippen molar-refractivity contribution in [1.29, 1.82) is 0 Å². The Bertz CT molecular complexity index is 949. The van der Waals surface area contributed by atoms with E-state index >= 15 is 0 Å². The Morgan fingerprint density at radius 2 is 1.43 bits per heavy atom. The number of carboxylic acids is 3. The van der Waals surface area contributed by atoms with Crippen molar-refractivity contribution in [3.8, 4) is 11.5 Å². The molecule has 0 fully saturated rings. The zero-order chi connectivity index (χ0) is 27.3. The molecule has 0 aliphatic rings. The fraction of sp³-hybridized carbons (Fsp3) is 0.600. The molecule has 0 radical (unpaired) electrons. The maximum Gasteiger partial charge on any atom is 0.307 e. The van der Waals surface area contributed by atoms with Crippen molar-refractivity contribution < 1.29 is 44.7 Å². The Hall–Kier alpha value is -3.30. The summed E-state index contributed by atoms with van der Waals surface area (Å²) >= 11 is 0. The van der Waals surface area contributed by atoms with E-state index in [0.29, 0.717) is 12.0 Å². The van der Waals surface area contributed by atoms with Gasteiger partial charge in [0.05, 0.1) is 23.7 Å². The van der Waals surface area contributed by atoms with Crippen LogP contribution >= 0.6 is 0 Å². The predicted octanol–water partition coefficient (Wildman–Crippen LogP) is 2.96. The summed E-state index contributed by atoms with van der Waals surface area (Å²) in [6.45, 7) is 9.57. The lowest BCUT2D eigenvalue weighted by Crippen LogP contribution is -2.48. The first-order chi connectivity index (χ1) is 15.9. The van der Waals surface area contributed by atoms with Gasteiger partial charge in [-0.2, -0.15) is 0 Å². The number of carbonyl (C=O) groups excluding carboxylic acids is 1. The first-order valence-electron chi connectivity index (χ1n) is 11.4. The fourth-order valence-electron chi connectivity index (χ4n) is 4.75. The molecule has 0 aliphatic heterocycles. The van der Waals surface area contributed by atoms with Gasteiger partial charge in [-0.1, -0.05) is 47.6 Å². The Kier molecular flexibility index (Phi) is 9.70. The molecule has 0 bridgehead atoms. The molecule has 0 saturated heterocycles. The summed E-state index contributed by atoms with van der Waals surface area (Å²) in [5, 5.41) is 50.9. The van der Waals surface area contributed by atoms with Crippen molar-refractivity contribution in [3.05, 3.63) is 23.8 Å². The van der Waals surface area contributed by atoms with Gasteiger partial charge in [-0.05, 0) is 41.4 Å². The van der Waals surface area contributed by atoms with Crippen LogP contribution in [0.15, 0.2) is 18.2 Å². The molecule has 10 nitrogen and oxygen atoms in total. The number of hydrogen-bond acceptors (Lipinski definition) is 6. The number of aliphatic carboxylic acids is 3. The van der Waals surface area contributed by atoms with Gasteiger partial charge in [0.15, 0.2) is 11.5 Å². The van der Waals surface area contributed by atoms with E-state index < -0.39 is 58.3 Å². The highest BCUT2D eigenvalue weighted by atomic mass is 16.4. The largest absolute Gasteiger partial charge is 0.504 e. The number of phenolic OH excluding ortho intramolecular Hbond substituents is 2. The molecule has 0 aromatic heterocycles. The molecule has 10 heteroatoms. The van der Waals surface area contributed by atoms with Crippen LogP contribution in [0.25, 0.3) is 0 Å². The molecule has 6 N–H and O–H groups in total. The summed E-state index contributed by atoms with van der Waals surface area (Å²) in [7, 11) is 0. The van der Waals surface area contributed by atoms with Crippen LogP contribution in [-0.2, 0) is 25.6 Å². The van der Waals surface area contributed by atoms with Crippen molar-refractivity contribution in [3.63, 3.8) is 0 Å². The van der Waals surface area contributed by atoms with E-state index in [4.69, 9.17) is 0 Å². The second-order valence-electron chi connectivity index (χ2n) is 10.8. The first kappa shape index (κ1) is 29.7. The third kappa shape index (κ3) is 7.87. The van der Waals surface area contributed by atoms with Gasteiger partial charge in [-0.15, -0.1) is 0 Å². The molecule has 1 aromatic carbocycles. The number of amides is 1. The standard InChI is InChI=1S/C25H37NO9/c1-13(21(30)31)18(23(34)35)25(5,6)12-15(22(32)33)19(24(2,3)4)20(29)26-10-9-14-7-8-16(27)17(28)11-14/h7-8,11,13,15,18-19,27-28H,9-10,12H2,1-6H3,(H,26,29)(H,30,31)(H,32,33)(H,34,35). The summed E-state index contributed by atoms with van der Waals surface area (Å²) in [4.78, 5) is 49.0. The zero-order valence-corrected chi connectivity index (χ0v) is 21.0. The summed E-state index contributed by atoms with van der Waals surface area (Å²) in [6.07, 6.45) is 0.0923. The average Bonchev–Trinajstić information content (AvgIpc) is 2.68. The van der Waals surface area contributed by atoms with Crippen molar-refractivity contribution >= 4 is 23.8 Å². The molecule has 0 aliphatic carbocycles. The van der Waals surface area contributed by atoms with Gasteiger partial charge in [0.1, 0.15) is 0 Å². The van der Waals surface area contributed by atoms with E-state index in [2.05, 4.69) is 5.32 Å². The number of carbonyl (C=O) groups is 4. The Balaban J connectivity index is 3.17. The molecule has 1 amide bonds. The van der Waals surface area contributed by atoms with Crippen molar-refractivity contribution in [1.82, 2.24) is 5.32 Å². The number of rotatable bonds is 12. The minimum atomic E-state index is -1.37. The third-order valence-corrected chi connectivity index (χ3v) is 6.43. The van der Waals surface area contributed by atoms with Gasteiger partial charge >= 0.3 is 17.9 Å². The Morgan fingerprint density at radius 1 is 0.857 bits per heavy atom. The van der Waals surface area contributed by atoms with Gasteiger partial charge in [-0.3, -0.25) is 19.2 Å². The molecule has 1 rings (SSSR count). The molecule has 0 spiro atoms. The highest BCUT2D eigenvalue weighted by Gasteiger charge is 2.49. The van der Waals surface area contributed by atoms with Crippen LogP contribution in [-0.4, -0.2) is 55.9 Å². The zero-order valence-electron chi connectivity index (χ0n) is 21.0. The molecule has 35 heavy (non-hydrogen) atoms. The number of carboxylic acid groups (broad SMARTS) is 3. The van der Waals surface area contributed by atoms with E-state index in [1.807, 2.05) is 0 Å². The van der Waals surface area contributed by atoms with E-state index in [0.717, 1.165) is 0 Å². The Morgan fingerprint density at radius 3 is 1.86 bits per heavy atom. The van der Waals surface area contributed by atoms with Gasteiger partial charge in [-0.25, -0.2) is 0 Å². The second-order valence-corrected chi connectivity index (χ2v) is 10.8. The smallest absolute Gasteiger partial charge is 0.307 e. The van der Waals surface area contributed by atoms with E-state index in [1.54, 1.807) is 26.8 Å². The molecule has 196 valence electrons. The van der Waals surface area contributed by atoms with Gasteiger partial charge in [0.2, 0.25) is 5.91 Å². The van der Waals surface area contributed by atoms with Gasteiger partial charge in [0, 0.05) is 6.54 Å². The average molecular weight is 496 g/mol.